The average Bonchev–Trinajstić information content (AvgIpc) is 3.18. The first-order valence-electron chi connectivity index (χ1n) is 10.4. The predicted molar refractivity (Wildman–Crippen MR) is 131 cm³/mol. The highest BCUT2D eigenvalue weighted by Gasteiger charge is 2.32. The number of carbonyl (C=O) groups excluding carboxylic acids is 2. The van der Waals surface area contributed by atoms with Gasteiger partial charge in [0.15, 0.2) is 5.17 Å². The third-order valence-corrected chi connectivity index (χ3v) is 5.78. The first-order valence-corrected chi connectivity index (χ1v) is 11.2. The molecular weight excluding hydrogens is 436 g/mol. The minimum absolute atomic E-state index is 0.0459. The molecule has 2 N–H and O–H groups in total. The van der Waals surface area contributed by atoms with Gasteiger partial charge in [-0.1, -0.05) is 72.4 Å². The molecule has 1 unspecified atom stereocenters. The number of hydrogen-bond donors (Lipinski definition) is 2. The minimum atomic E-state index is -0.552. The van der Waals surface area contributed by atoms with Crippen molar-refractivity contribution in [3.05, 3.63) is 96.1 Å². The molecule has 1 atom stereocenters. The maximum atomic E-state index is 12.2. The fourth-order valence-corrected chi connectivity index (χ4v) is 4.01. The molecular formula is C25H22N4O3S. The number of para-hydroxylation sites is 2. The molecule has 166 valence electrons. The molecule has 1 aliphatic rings. The fraction of sp³-hybridized carbons (Fsp3) is 0.120. The van der Waals surface area contributed by atoms with Crippen LogP contribution in [0.3, 0.4) is 0 Å². The number of thioether (sulfide) groups is 1. The van der Waals surface area contributed by atoms with E-state index in [0.29, 0.717) is 23.2 Å². The summed E-state index contributed by atoms with van der Waals surface area (Å²) < 4.78 is 5.91. The van der Waals surface area contributed by atoms with Crippen molar-refractivity contribution in [2.75, 3.05) is 5.32 Å². The van der Waals surface area contributed by atoms with E-state index in [4.69, 9.17) is 4.74 Å². The van der Waals surface area contributed by atoms with Gasteiger partial charge in [0.2, 0.25) is 11.8 Å². The van der Waals surface area contributed by atoms with Gasteiger partial charge < -0.3 is 15.4 Å². The molecule has 8 heteroatoms. The van der Waals surface area contributed by atoms with Crippen LogP contribution in [0, 0.1) is 0 Å². The highest BCUT2D eigenvalue weighted by molar-refractivity contribution is 8.15. The number of ether oxygens (including phenoxy) is 1. The van der Waals surface area contributed by atoms with Crippen LogP contribution in [0.15, 0.2) is 95.1 Å². The third-order valence-electron chi connectivity index (χ3n) is 4.71. The molecule has 1 heterocycles. The summed E-state index contributed by atoms with van der Waals surface area (Å²) in [6, 6.07) is 26.5. The Bertz CT molecular complexity index is 1170. The van der Waals surface area contributed by atoms with Crippen molar-refractivity contribution < 1.29 is 14.3 Å². The Labute approximate surface area is 196 Å². The number of hydrogen-bond acceptors (Lipinski definition) is 6. The molecule has 3 aromatic carbocycles. The topological polar surface area (TPSA) is 92.2 Å². The van der Waals surface area contributed by atoms with Crippen molar-refractivity contribution >= 4 is 40.6 Å². The molecule has 0 spiro atoms. The lowest BCUT2D eigenvalue weighted by Gasteiger charge is -2.08. The Balaban J connectivity index is 1.33. The minimum Gasteiger partial charge on any atom is -0.488 e. The smallest absolute Gasteiger partial charge is 0.240 e. The van der Waals surface area contributed by atoms with Crippen LogP contribution >= 0.6 is 11.8 Å². The lowest BCUT2D eigenvalue weighted by atomic mass is 10.2. The van der Waals surface area contributed by atoms with Gasteiger partial charge in [0.25, 0.3) is 0 Å². The van der Waals surface area contributed by atoms with E-state index in [-0.39, 0.29) is 18.2 Å². The van der Waals surface area contributed by atoms with Gasteiger partial charge in [-0.15, -0.1) is 5.10 Å². The summed E-state index contributed by atoms with van der Waals surface area (Å²) in [6.45, 7) is 0.443. The van der Waals surface area contributed by atoms with E-state index in [1.165, 1.54) is 11.8 Å². The van der Waals surface area contributed by atoms with Crippen LogP contribution in [0.5, 0.6) is 5.75 Å². The first kappa shape index (κ1) is 22.3. The number of nitrogens with one attached hydrogen (secondary N) is 2. The summed E-state index contributed by atoms with van der Waals surface area (Å²) in [4.78, 5) is 24.4. The summed E-state index contributed by atoms with van der Waals surface area (Å²) in [7, 11) is 0. The van der Waals surface area contributed by atoms with Crippen LogP contribution in [0.2, 0.25) is 0 Å². The second-order valence-corrected chi connectivity index (χ2v) is 8.37. The Morgan fingerprint density at radius 3 is 2.48 bits per heavy atom. The lowest BCUT2D eigenvalue weighted by molar-refractivity contribution is -0.122. The number of amidine groups is 1. The van der Waals surface area contributed by atoms with Crippen molar-refractivity contribution in [2.24, 2.45) is 10.2 Å². The van der Waals surface area contributed by atoms with E-state index < -0.39 is 5.25 Å². The Morgan fingerprint density at radius 2 is 1.70 bits per heavy atom. The zero-order valence-electron chi connectivity index (χ0n) is 17.7. The van der Waals surface area contributed by atoms with Gasteiger partial charge in [0, 0.05) is 17.7 Å². The lowest BCUT2D eigenvalue weighted by Crippen LogP contribution is -2.28. The molecule has 0 aliphatic carbocycles. The molecule has 2 amide bonds. The maximum Gasteiger partial charge on any atom is 0.240 e. The highest BCUT2D eigenvalue weighted by atomic mass is 32.2. The number of carbonyl (C=O) groups is 2. The second kappa shape index (κ2) is 11.1. The molecule has 0 radical (unpaired) electrons. The summed E-state index contributed by atoms with van der Waals surface area (Å²) in [5.41, 5.74) is 2.53. The monoisotopic (exact) mass is 458 g/mol. The van der Waals surface area contributed by atoms with Crippen molar-refractivity contribution in [3.63, 3.8) is 0 Å². The molecule has 4 rings (SSSR count). The predicted octanol–water partition coefficient (Wildman–Crippen LogP) is 4.22. The van der Waals surface area contributed by atoms with Gasteiger partial charge >= 0.3 is 0 Å². The van der Waals surface area contributed by atoms with E-state index in [1.54, 1.807) is 18.3 Å². The van der Waals surface area contributed by atoms with Crippen molar-refractivity contribution in [3.8, 4) is 5.75 Å². The van der Waals surface area contributed by atoms with Crippen LogP contribution in [0.4, 0.5) is 5.69 Å². The van der Waals surface area contributed by atoms with E-state index >= 15 is 0 Å². The summed E-state index contributed by atoms with van der Waals surface area (Å²) in [5, 5.41) is 13.5. The van der Waals surface area contributed by atoms with Gasteiger partial charge in [0.05, 0.1) is 6.21 Å². The molecule has 0 bridgehead atoms. The summed E-state index contributed by atoms with van der Waals surface area (Å²) in [6.07, 6.45) is 1.62. The number of rotatable bonds is 8. The van der Waals surface area contributed by atoms with Crippen LogP contribution in [0.1, 0.15) is 17.5 Å². The van der Waals surface area contributed by atoms with Gasteiger partial charge in [-0.05, 0) is 29.8 Å². The van der Waals surface area contributed by atoms with Crippen molar-refractivity contribution in [1.29, 1.82) is 0 Å². The molecule has 0 aromatic heterocycles. The van der Waals surface area contributed by atoms with Crippen LogP contribution < -0.4 is 15.4 Å². The van der Waals surface area contributed by atoms with Gasteiger partial charge in [-0.2, -0.15) is 5.10 Å². The molecule has 1 fully saturated rings. The fourth-order valence-electron chi connectivity index (χ4n) is 3.09. The molecule has 1 saturated heterocycles. The summed E-state index contributed by atoms with van der Waals surface area (Å²) in [5.74, 6) is 0.190. The standard InChI is InChI=1S/C25H22N4O3S/c30-23(27-20-12-5-2-6-13-20)15-22-24(31)28-25(33-22)29-26-16-19-11-7-8-14-21(19)32-17-18-9-3-1-4-10-18/h1-14,16,22H,15,17H2,(H,27,30)(H,28,29,31). The maximum absolute atomic E-state index is 12.2. The number of benzene rings is 3. The van der Waals surface area contributed by atoms with E-state index in [2.05, 4.69) is 20.8 Å². The molecule has 3 aromatic rings. The number of nitrogens with zero attached hydrogens (tertiary/aromatic N) is 2. The Hall–Kier alpha value is -3.91. The van der Waals surface area contributed by atoms with E-state index in [1.807, 2.05) is 72.8 Å². The SMILES string of the molecule is O=C(CC1SC(=NN=Cc2ccccc2OCc2ccccc2)NC1=O)Nc1ccccc1. The number of amides is 2. The van der Waals surface area contributed by atoms with Crippen LogP contribution in [0.25, 0.3) is 0 Å². The quantitative estimate of drug-likeness (QED) is 0.391. The van der Waals surface area contributed by atoms with E-state index in [9.17, 15) is 9.59 Å². The zero-order valence-corrected chi connectivity index (χ0v) is 18.5. The van der Waals surface area contributed by atoms with Gasteiger partial charge in [-0.3, -0.25) is 9.59 Å². The highest BCUT2D eigenvalue weighted by Crippen LogP contribution is 2.23. The first-order chi connectivity index (χ1) is 16.2. The van der Waals surface area contributed by atoms with Crippen LogP contribution in [-0.4, -0.2) is 28.4 Å². The molecule has 7 nitrogen and oxygen atoms in total. The van der Waals surface area contributed by atoms with Crippen LogP contribution in [-0.2, 0) is 16.2 Å². The van der Waals surface area contributed by atoms with Crippen molar-refractivity contribution in [1.82, 2.24) is 5.32 Å². The largest absolute Gasteiger partial charge is 0.488 e. The third kappa shape index (κ3) is 6.54. The molecule has 1 aliphatic heterocycles. The van der Waals surface area contributed by atoms with Gasteiger partial charge in [0.1, 0.15) is 17.6 Å². The zero-order chi connectivity index (χ0) is 22.9. The summed E-state index contributed by atoms with van der Waals surface area (Å²) >= 11 is 1.19. The average molecular weight is 459 g/mol. The molecule has 33 heavy (non-hydrogen) atoms. The Kier molecular flexibility index (Phi) is 7.50. The normalized spacial score (nSPS) is 16.7. The van der Waals surface area contributed by atoms with Gasteiger partial charge in [-0.25, -0.2) is 0 Å². The number of anilines is 1. The van der Waals surface area contributed by atoms with Crippen molar-refractivity contribution in [2.45, 2.75) is 18.3 Å². The van der Waals surface area contributed by atoms with E-state index in [0.717, 1.165) is 11.1 Å². The Morgan fingerprint density at radius 1 is 1.00 bits per heavy atom. The second-order valence-electron chi connectivity index (χ2n) is 7.18. The molecule has 0 saturated carbocycles.